The highest BCUT2D eigenvalue weighted by Gasteiger charge is 2.13. The maximum absolute atomic E-state index is 14.0. The predicted molar refractivity (Wildman–Crippen MR) is 93.6 cm³/mol. The number of hydrazone groups is 1. The molecule has 4 nitrogen and oxygen atoms in total. The molecule has 3 aromatic rings. The zero-order chi connectivity index (χ0) is 17.1. The van der Waals surface area contributed by atoms with Gasteiger partial charge in [0.1, 0.15) is 5.82 Å². The smallest absolute Gasteiger partial charge is 0.236 e. The lowest BCUT2D eigenvalue weighted by Gasteiger charge is -2.09. The fourth-order valence-corrected chi connectivity index (χ4v) is 2.81. The van der Waals surface area contributed by atoms with Crippen LogP contribution in [0.4, 0.5) is 4.39 Å². The van der Waals surface area contributed by atoms with Crippen molar-refractivity contribution in [3.63, 3.8) is 0 Å². The molecule has 1 N–H and O–H groups in total. The number of halogens is 1. The highest BCUT2D eigenvalue weighted by molar-refractivity contribution is 6.01. The van der Waals surface area contributed by atoms with Crippen molar-refractivity contribution >= 4 is 23.0 Å². The molecule has 24 heavy (non-hydrogen) atoms. The Kier molecular flexibility index (Phi) is 4.42. The van der Waals surface area contributed by atoms with E-state index in [4.69, 9.17) is 0 Å². The van der Waals surface area contributed by atoms with E-state index in [0.29, 0.717) is 12.1 Å². The minimum atomic E-state index is -0.223. The maximum Gasteiger partial charge on any atom is 0.236 e. The van der Waals surface area contributed by atoms with Crippen LogP contribution in [0, 0.1) is 12.7 Å². The third-order valence-electron chi connectivity index (χ3n) is 3.98. The van der Waals surface area contributed by atoms with Gasteiger partial charge in [0.25, 0.3) is 0 Å². The molecule has 0 saturated carbocycles. The molecule has 0 unspecified atom stereocenters. The second-order valence-electron chi connectivity index (χ2n) is 5.62. The van der Waals surface area contributed by atoms with Crippen molar-refractivity contribution in [2.75, 3.05) is 0 Å². The Bertz CT molecular complexity index is 928. The van der Waals surface area contributed by atoms with E-state index < -0.39 is 0 Å². The summed E-state index contributed by atoms with van der Waals surface area (Å²) in [6.45, 7) is 3.81. The molecule has 0 fully saturated rings. The van der Waals surface area contributed by atoms with E-state index in [-0.39, 0.29) is 11.7 Å². The Morgan fingerprint density at radius 1 is 1.21 bits per heavy atom. The number of benzene rings is 2. The predicted octanol–water partition coefficient (Wildman–Crippen LogP) is 3.61. The number of aromatic nitrogens is 1. The Labute approximate surface area is 139 Å². The molecule has 0 aliphatic rings. The summed E-state index contributed by atoms with van der Waals surface area (Å²) < 4.78 is 16.1. The molecule has 0 saturated heterocycles. The van der Waals surface area contributed by atoms with Crippen LogP contribution in [0.2, 0.25) is 0 Å². The van der Waals surface area contributed by atoms with E-state index in [1.54, 1.807) is 18.3 Å². The van der Waals surface area contributed by atoms with E-state index >= 15 is 0 Å². The SMILES string of the molecule is CC(=O)N/N=C\c1c(C)n(Cc2ccccc2F)c2ccccc12. The van der Waals surface area contributed by atoms with Crippen molar-refractivity contribution in [1.29, 1.82) is 0 Å². The van der Waals surface area contributed by atoms with Crippen LogP contribution in [0.5, 0.6) is 0 Å². The lowest BCUT2D eigenvalue weighted by Crippen LogP contribution is -2.12. The summed E-state index contributed by atoms with van der Waals surface area (Å²) >= 11 is 0. The Morgan fingerprint density at radius 2 is 1.92 bits per heavy atom. The van der Waals surface area contributed by atoms with Crippen LogP contribution in [-0.2, 0) is 11.3 Å². The van der Waals surface area contributed by atoms with Gasteiger partial charge in [-0.05, 0) is 19.1 Å². The summed E-state index contributed by atoms with van der Waals surface area (Å²) in [5.41, 5.74) is 5.93. The van der Waals surface area contributed by atoms with Crippen LogP contribution in [0.3, 0.4) is 0 Å². The van der Waals surface area contributed by atoms with Crippen molar-refractivity contribution in [3.05, 3.63) is 71.2 Å². The van der Waals surface area contributed by atoms with Gasteiger partial charge in [-0.25, -0.2) is 9.82 Å². The standard InChI is InChI=1S/C19H18FN3O/c1-13-17(11-21-22-14(2)24)16-8-4-6-10-19(16)23(13)12-15-7-3-5-9-18(15)20/h3-11H,12H2,1-2H3,(H,22,24)/b21-11-. The number of fused-ring (bicyclic) bond motifs is 1. The molecular weight excluding hydrogens is 305 g/mol. The average Bonchev–Trinajstić information content (AvgIpc) is 2.82. The molecule has 122 valence electrons. The lowest BCUT2D eigenvalue weighted by atomic mass is 10.1. The van der Waals surface area contributed by atoms with Crippen molar-refractivity contribution in [1.82, 2.24) is 9.99 Å². The summed E-state index contributed by atoms with van der Waals surface area (Å²) in [7, 11) is 0. The first-order valence-corrected chi connectivity index (χ1v) is 7.69. The van der Waals surface area contributed by atoms with E-state index in [1.807, 2.05) is 37.3 Å². The second kappa shape index (κ2) is 6.66. The first kappa shape index (κ1) is 15.9. The van der Waals surface area contributed by atoms with Crippen molar-refractivity contribution in [2.45, 2.75) is 20.4 Å². The molecule has 5 heteroatoms. The molecule has 2 aromatic carbocycles. The molecule has 0 bridgehead atoms. The van der Waals surface area contributed by atoms with Gasteiger partial charge in [-0.2, -0.15) is 5.10 Å². The molecular formula is C19H18FN3O. The number of amides is 1. The summed E-state index contributed by atoms with van der Waals surface area (Å²) in [6.07, 6.45) is 1.64. The molecule has 0 radical (unpaired) electrons. The zero-order valence-electron chi connectivity index (χ0n) is 13.6. The van der Waals surface area contributed by atoms with Crippen LogP contribution in [0.25, 0.3) is 10.9 Å². The van der Waals surface area contributed by atoms with Crippen LogP contribution >= 0.6 is 0 Å². The molecule has 0 aliphatic heterocycles. The summed E-state index contributed by atoms with van der Waals surface area (Å²) in [5, 5.41) is 4.99. The van der Waals surface area contributed by atoms with Gasteiger partial charge in [-0.15, -0.1) is 0 Å². The van der Waals surface area contributed by atoms with Crippen LogP contribution in [0.15, 0.2) is 53.6 Å². The number of hydrogen-bond donors (Lipinski definition) is 1. The van der Waals surface area contributed by atoms with Crippen molar-refractivity contribution in [3.8, 4) is 0 Å². The first-order valence-electron chi connectivity index (χ1n) is 7.69. The number of carbonyl (C=O) groups excluding carboxylic acids is 1. The third kappa shape index (κ3) is 3.06. The Hall–Kier alpha value is -2.95. The molecule has 1 amide bonds. The van der Waals surface area contributed by atoms with Crippen LogP contribution < -0.4 is 5.43 Å². The van der Waals surface area contributed by atoms with Crippen molar-refractivity contribution in [2.24, 2.45) is 5.10 Å². The number of nitrogens with one attached hydrogen (secondary N) is 1. The monoisotopic (exact) mass is 323 g/mol. The molecule has 1 aromatic heterocycles. The number of carbonyl (C=O) groups is 1. The summed E-state index contributed by atoms with van der Waals surface area (Å²) in [4.78, 5) is 11.0. The lowest BCUT2D eigenvalue weighted by molar-refractivity contribution is -0.118. The van der Waals surface area contributed by atoms with Crippen LogP contribution in [-0.4, -0.2) is 16.7 Å². The van der Waals surface area contributed by atoms with Gasteiger partial charge in [0.15, 0.2) is 0 Å². The molecule has 1 heterocycles. The van der Waals surface area contributed by atoms with Gasteiger partial charge < -0.3 is 4.57 Å². The number of para-hydroxylation sites is 1. The molecule has 3 rings (SSSR count). The highest BCUT2D eigenvalue weighted by Crippen LogP contribution is 2.26. The third-order valence-corrected chi connectivity index (χ3v) is 3.98. The van der Waals surface area contributed by atoms with Gasteiger partial charge in [-0.1, -0.05) is 36.4 Å². The number of hydrogen-bond acceptors (Lipinski definition) is 2. The Balaban J connectivity index is 2.08. The fourth-order valence-electron chi connectivity index (χ4n) is 2.81. The Morgan fingerprint density at radius 3 is 2.67 bits per heavy atom. The first-order chi connectivity index (χ1) is 11.6. The highest BCUT2D eigenvalue weighted by atomic mass is 19.1. The van der Waals surface area contributed by atoms with Crippen molar-refractivity contribution < 1.29 is 9.18 Å². The summed E-state index contributed by atoms with van der Waals surface area (Å²) in [5.74, 6) is -0.442. The van der Waals surface area contributed by atoms with Gasteiger partial charge in [0, 0.05) is 34.6 Å². The minimum Gasteiger partial charge on any atom is -0.340 e. The quantitative estimate of drug-likeness (QED) is 0.579. The van der Waals surface area contributed by atoms with Gasteiger partial charge in [0.2, 0.25) is 5.91 Å². The average molecular weight is 323 g/mol. The van der Waals surface area contributed by atoms with Gasteiger partial charge in [0.05, 0.1) is 12.8 Å². The second-order valence-corrected chi connectivity index (χ2v) is 5.62. The minimum absolute atomic E-state index is 0.219. The van der Waals surface area contributed by atoms with E-state index in [1.165, 1.54) is 13.0 Å². The molecule has 0 spiro atoms. The fraction of sp³-hybridized carbons (Fsp3) is 0.158. The van der Waals surface area contributed by atoms with Gasteiger partial charge in [-0.3, -0.25) is 4.79 Å². The summed E-state index contributed by atoms with van der Waals surface area (Å²) in [6, 6.07) is 14.7. The van der Waals surface area contributed by atoms with Crippen LogP contribution in [0.1, 0.15) is 23.7 Å². The van der Waals surface area contributed by atoms with E-state index in [0.717, 1.165) is 22.2 Å². The van der Waals surface area contributed by atoms with Gasteiger partial charge >= 0.3 is 0 Å². The normalized spacial score (nSPS) is 11.3. The number of nitrogens with zero attached hydrogens (tertiary/aromatic N) is 2. The molecule has 0 atom stereocenters. The maximum atomic E-state index is 14.0. The number of rotatable bonds is 4. The molecule has 0 aliphatic carbocycles. The topological polar surface area (TPSA) is 46.4 Å². The van der Waals surface area contributed by atoms with E-state index in [9.17, 15) is 9.18 Å². The largest absolute Gasteiger partial charge is 0.340 e. The zero-order valence-corrected chi connectivity index (χ0v) is 13.6. The van der Waals surface area contributed by atoms with E-state index in [2.05, 4.69) is 15.1 Å².